The fourth-order valence-corrected chi connectivity index (χ4v) is 7.24. The number of ether oxygens (including phenoxy) is 2. The Bertz CT molecular complexity index is 1080. The van der Waals surface area contributed by atoms with Crippen molar-refractivity contribution in [3.05, 3.63) is 52.2 Å². The Morgan fingerprint density at radius 2 is 1.50 bits per heavy atom. The van der Waals surface area contributed by atoms with Crippen molar-refractivity contribution in [2.45, 2.75) is 27.1 Å². The van der Waals surface area contributed by atoms with Crippen LogP contribution in [0.1, 0.15) is 43.0 Å². The second-order valence-electron chi connectivity index (χ2n) is 6.56. The Morgan fingerprint density at radius 3 is 2.00 bits per heavy atom. The van der Waals surface area contributed by atoms with Crippen molar-refractivity contribution in [3.63, 3.8) is 0 Å². The summed E-state index contributed by atoms with van der Waals surface area (Å²) in [6.07, 6.45) is -1.26. The molecule has 11 heteroatoms. The van der Waals surface area contributed by atoms with Crippen molar-refractivity contribution in [1.82, 2.24) is 0 Å². The summed E-state index contributed by atoms with van der Waals surface area (Å²) in [5.74, 6) is -1.97. The molecule has 1 atom stereocenters. The maximum atomic E-state index is 13.3. The maximum Gasteiger partial charge on any atom is 0.343 e. The summed E-state index contributed by atoms with van der Waals surface area (Å²) in [4.78, 5) is 50.2. The molecule has 8 nitrogen and oxygen atoms in total. The van der Waals surface area contributed by atoms with Gasteiger partial charge in [0.05, 0.1) is 27.6 Å². The van der Waals surface area contributed by atoms with Gasteiger partial charge in [-0.25, -0.2) is 4.79 Å². The third-order valence-corrected chi connectivity index (χ3v) is 7.34. The highest BCUT2D eigenvalue weighted by molar-refractivity contribution is 14.1. The Labute approximate surface area is 226 Å². The van der Waals surface area contributed by atoms with E-state index in [1.807, 2.05) is 67.8 Å². The van der Waals surface area contributed by atoms with Crippen LogP contribution in [0.25, 0.3) is 0 Å². The molecule has 0 heterocycles. The lowest BCUT2D eigenvalue weighted by atomic mass is 10.1. The Hall–Kier alpha value is -1.49. The van der Waals surface area contributed by atoms with Crippen molar-refractivity contribution in [1.29, 1.82) is 0 Å². The number of halogens is 3. The van der Waals surface area contributed by atoms with E-state index in [1.54, 1.807) is 37.4 Å². The molecule has 170 valence electrons. The van der Waals surface area contributed by atoms with Gasteiger partial charge in [-0.2, -0.15) is 0 Å². The Balaban J connectivity index is 2.64. The quantitative estimate of drug-likeness (QED) is 0.256. The van der Waals surface area contributed by atoms with E-state index in [-0.39, 0.29) is 17.4 Å². The van der Waals surface area contributed by atoms with Gasteiger partial charge in [-0.3, -0.25) is 14.4 Å². The minimum atomic E-state index is -1.26. The van der Waals surface area contributed by atoms with Gasteiger partial charge in [0.25, 0.3) is 6.29 Å². The van der Waals surface area contributed by atoms with Crippen molar-refractivity contribution in [2.24, 2.45) is 0 Å². The van der Waals surface area contributed by atoms with Crippen LogP contribution >= 0.6 is 67.8 Å². The van der Waals surface area contributed by atoms with E-state index in [0.717, 1.165) is 0 Å². The zero-order chi connectivity index (χ0) is 24.2. The predicted octanol–water partition coefficient (Wildman–Crippen LogP) is 4.86. The topological polar surface area (TPSA) is 102 Å². The van der Waals surface area contributed by atoms with Crippen molar-refractivity contribution in [2.75, 3.05) is 17.3 Å². The van der Waals surface area contributed by atoms with Gasteiger partial charge in [-0.15, -0.1) is 0 Å². The molecule has 0 aliphatic heterocycles. The Kier molecular flexibility index (Phi) is 9.68. The van der Waals surface area contributed by atoms with E-state index in [9.17, 15) is 19.2 Å². The highest BCUT2D eigenvalue weighted by Gasteiger charge is 2.31. The molecule has 0 bridgehead atoms. The fourth-order valence-electron chi connectivity index (χ4n) is 2.64. The number of nitrogens with zero attached hydrogens (tertiary/aromatic N) is 1. The maximum absolute atomic E-state index is 13.3. The SMILES string of the molecule is CC(=O)Nc1c(I)c(C(=O)OC(OC(C)=O)c2ccccc2)c(I)c(N(C)C(C)=O)c1I. The van der Waals surface area contributed by atoms with E-state index in [1.165, 1.54) is 25.7 Å². The predicted molar refractivity (Wildman–Crippen MR) is 144 cm³/mol. The lowest BCUT2D eigenvalue weighted by Crippen LogP contribution is -2.27. The monoisotopic (exact) mass is 776 g/mol. The molecule has 0 aliphatic rings. The number of hydrogen-bond acceptors (Lipinski definition) is 6. The van der Waals surface area contributed by atoms with Gasteiger partial charge in [0.15, 0.2) is 0 Å². The fraction of sp³-hybridized carbons (Fsp3) is 0.238. The molecule has 0 radical (unpaired) electrons. The summed E-state index contributed by atoms with van der Waals surface area (Å²) in [6, 6.07) is 8.58. The third-order valence-electron chi connectivity index (χ3n) is 4.17. The van der Waals surface area contributed by atoms with Crippen LogP contribution in [0.15, 0.2) is 30.3 Å². The zero-order valence-corrected chi connectivity index (χ0v) is 24.0. The lowest BCUT2D eigenvalue weighted by Gasteiger charge is -2.25. The summed E-state index contributed by atoms with van der Waals surface area (Å²) >= 11 is 5.94. The lowest BCUT2D eigenvalue weighted by molar-refractivity contribution is -0.167. The van der Waals surface area contributed by atoms with E-state index in [2.05, 4.69) is 5.32 Å². The smallest absolute Gasteiger partial charge is 0.343 e. The summed E-state index contributed by atoms with van der Waals surface area (Å²) in [5, 5.41) is 2.73. The van der Waals surface area contributed by atoms with E-state index in [0.29, 0.717) is 27.6 Å². The van der Waals surface area contributed by atoms with Crippen LogP contribution in [0, 0.1) is 10.7 Å². The van der Waals surface area contributed by atoms with E-state index >= 15 is 0 Å². The molecule has 2 aromatic carbocycles. The van der Waals surface area contributed by atoms with Crippen LogP contribution < -0.4 is 10.2 Å². The van der Waals surface area contributed by atoms with Crippen LogP contribution in [0.4, 0.5) is 11.4 Å². The first-order valence-electron chi connectivity index (χ1n) is 9.11. The number of carbonyl (C=O) groups excluding carboxylic acids is 4. The number of esters is 2. The first kappa shape index (κ1) is 26.8. The number of hydrogen-bond donors (Lipinski definition) is 1. The van der Waals surface area contributed by atoms with Crippen LogP contribution in [-0.2, 0) is 23.9 Å². The molecule has 0 aliphatic carbocycles. The number of amides is 2. The molecule has 0 spiro atoms. The highest BCUT2D eigenvalue weighted by Crippen LogP contribution is 2.41. The van der Waals surface area contributed by atoms with Crippen molar-refractivity contribution in [3.8, 4) is 0 Å². The molecule has 32 heavy (non-hydrogen) atoms. The molecule has 0 aromatic heterocycles. The second kappa shape index (κ2) is 11.6. The molecule has 1 unspecified atom stereocenters. The molecule has 2 rings (SSSR count). The van der Waals surface area contributed by atoms with Gasteiger partial charge in [-0.1, -0.05) is 30.3 Å². The minimum absolute atomic E-state index is 0.145. The standard InChI is InChI=1S/C21H19I3N2O6/c1-10(27)25-18-15(22)14(16(23)19(17(18)24)26(4)11(2)28)20(30)32-21(31-12(3)29)13-8-6-5-7-9-13/h5-9,21H,1-4H3,(H,25,27). The Morgan fingerprint density at radius 1 is 0.906 bits per heavy atom. The average molecular weight is 776 g/mol. The van der Waals surface area contributed by atoms with Gasteiger partial charge in [0, 0.05) is 33.4 Å². The van der Waals surface area contributed by atoms with E-state index < -0.39 is 18.2 Å². The largest absolute Gasteiger partial charge is 0.421 e. The summed E-state index contributed by atoms with van der Waals surface area (Å²) in [6.45, 7) is 3.96. The van der Waals surface area contributed by atoms with Gasteiger partial charge >= 0.3 is 11.9 Å². The van der Waals surface area contributed by atoms with Gasteiger partial charge in [0.1, 0.15) is 0 Å². The molecular formula is C21H19I3N2O6. The van der Waals surface area contributed by atoms with Crippen molar-refractivity contribution < 1.29 is 28.7 Å². The molecule has 0 saturated carbocycles. The van der Waals surface area contributed by atoms with Gasteiger partial charge in [-0.05, 0) is 67.8 Å². The second-order valence-corrected chi connectivity index (χ2v) is 9.79. The number of nitrogens with one attached hydrogen (secondary N) is 1. The van der Waals surface area contributed by atoms with Crippen LogP contribution in [0.2, 0.25) is 0 Å². The van der Waals surface area contributed by atoms with Crippen molar-refractivity contribution >= 4 is 103 Å². The summed E-state index contributed by atoms with van der Waals surface area (Å²) in [5.41, 5.74) is 1.47. The van der Waals surface area contributed by atoms with E-state index in [4.69, 9.17) is 9.47 Å². The molecule has 2 aromatic rings. The number of carbonyl (C=O) groups is 4. The molecule has 0 fully saturated rings. The molecule has 2 amide bonds. The molecule has 1 N–H and O–H groups in total. The summed E-state index contributed by atoms with van der Waals surface area (Å²) < 4.78 is 12.3. The van der Waals surface area contributed by atoms with Gasteiger partial charge in [0.2, 0.25) is 11.8 Å². The van der Waals surface area contributed by atoms with Crippen LogP contribution in [0.5, 0.6) is 0 Å². The van der Waals surface area contributed by atoms with Gasteiger partial charge < -0.3 is 19.7 Å². The first-order chi connectivity index (χ1) is 15.0. The number of rotatable bonds is 6. The minimum Gasteiger partial charge on any atom is -0.421 e. The normalized spacial score (nSPS) is 11.3. The first-order valence-corrected chi connectivity index (χ1v) is 12.3. The molecular weight excluding hydrogens is 757 g/mol. The van der Waals surface area contributed by atoms with Crippen LogP contribution in [-0.4, -0.2) is 30.8 Å². The number of anilines is 2. The zero-order valence-electron chi connectivity index (χ0n) is 17.5. The third kappa shape index (κ3) is 6.30. The molecule has 0 saturated heterocycles. The average Bonchev–Trinajstić information content (AvgIpc) is 2.70. The number of benzene rings is 2. The highest BCUT2D eigenvalue weighted by atomic mass is 127. The van der Waals surface area contributed by atoms with Crippen LogP contribution in [0.3, 0.4) is 0 Å². The summed E-state index contributed by atoms with van der Waals surface area (Å²) in [7, 11) is 1.58.